The van der Waals surface area contributed by atoms with Crippen molar-refractivity contribution in [2.45, 2.75) is 81.0 Å². The molecule has 5 nitrogen and oxygen atoms in total. The first-order chi connectivity index (χ1) is 16.1. The molecule has 0 radical (unpaired) electrons. The van der Waals surface area contributed by atoms with Gasteiger partial charge in [-0.05, 0) is 62.1 Å². The molecule has 0 bridgehead atoms. The fourth-order valence-corrected chi connectivity index (χ4v) is 4.94. The molecule has 0 aromatic heterocycles. The van der Waals surface area contributed by atoms with Crippen LogP contribution in [0.3, 0.4) is 0 Å². The van der Waals surface area contributed by atoms with Gasteiger partial charge in [0.25, 0.3) is 0 Å². The van der Waals surface area contributed by atoms with Crippen LogP contribution in [-0.2, 0) is 16.0 Å². The highest BCUT2D eigenvalue weighted by Crippen LogP contribution is 2.31. The Bertz CT molecular complexity index is 894. The van der Waals surface area contributed by atoms with Gasteiger partial charge in [-0.15, -0.1) is 0 Å². The van der Waals surface area contributed by atoms with E-state index < -0.39 is 0 Å². The van der Waals surface area contributed by atoms with Crippen molar-refractivity contribution in [3.05, 3.63) is 54.1 Å². The van der Waals surface area contributed by atoms with E-state index in [1.165, 1.54) is 19.3 Å². The Kier molecular flexibility index (Phi) is 10.1. The number of benzene rings is 2. The summed E-state index contributed by atoms with van der Waals surface area (Å²) in [6, 6.07) is 16.5. The van der Waals surface area contributed by atoms with Crippen molar-refractivity contribution in [2.75, 3.05) is 18.1 Å². The highest BCUT2D eigenvalue weighted by atomic mass is 32.2. The minimum absolute atomic E-state index is 0.0146. The van der Waals surface area contributed by atoms with Gasteiger partial charge in [-0.2, -0.15) is 0 Å². The zero-order valence-electron chi connectivity index (χ0n) is 19.8. The number of rotatable bonds is 10. The van der Waals surface area contributed by atoms with Crippen LogP contribution in [0.2, 0.25) is 0 Å². The molecule has 1 N–H and O–H groups in total. The maximum Gasteiger partial charge on any atom is 0.322 e. The molecule has 2 amide bonds. The summed E-state index contributed by atoms with van der Waals surface area (Å²) in [5.74, 6) is -0.204. The van der Waals surface area contributed by atoms with Crippen LogP contribution in [0.4, 0.5) is 10.5 Å². The van der Waals surface area contributed by atoms with Crippen LogP contribution < -0.4 is 10.2 Å². The maximum absolute atomic E-state index is 13.1. The third kappa shape index (κ3) is 8.11. The van der Waals surface area contributed by atoms with E-state index in [-0.39, 0.29) is 18.4 Å². The van der Waals surface area contributed by atoms with Gasteiger partial charge in [0, 0.05) is 28.1 Å². The Balaban J connectivity index is 1.67. The molecule has 0 aliphatic heterocycles. The summed E-state index contributed by atoms with van der Waals surface area (Å²) in [7, 11) is 0. The van der Waals surface area contributed by atoms with Crippen molar-refractivity contribution in [3.63, 3.8) is 0 Å². The first-order valence-electron chi connectivity index (χ1n) is 12.2. The number of urea groups is 1. The number of amides is 2. The molecule has 1 aliphatic carbocycles. The zero-order valence-corrected chi connectivity index (χ0v) is 20.7. The van der Waals surface area contributed by atoms with Gasteiger partial charge >= 0.3 is 12.0 Å². The molecule has 1 fully saturated rings. The lowest BCUT2D eigenvalue weighted by Gasteiger charge is -2.28. The smallest absolute Gasteiger partial charge is 0.322 e. The van der Waals surface area contributed by atoms with Crippen LogP contribution >= 0.6 is 11.8 Å². The summed E-state index contributed by atoms with van der Waals surface area (Å²) in [6.07, 6.45) is 8.13. The minimum atomic E-state index is -0.204. The molecule has 1 saturated carbocycles. The minimum Gasteiger partial charge on any atom is -0.466 e. The fraction of sp³-hybridized carbons (Fsp3) is 0.481. The van der Waals surface area contributed by atoms with Gasteiger partial charge in [-0.3, -0.25) is 9.69 Å². The molecular formula is C27H36N2O3S. The Labute approximate surface area is 202 Å². The number of nitrogens with zero attached hydrogens (tertiary/aromatic N) is 1. The van der Waals surface area contributed by atoms with E-state index in [2.05, 4.69) is 24.4 Å². The quantitative estimate of drug-likeness (QED) is 0.400. The number of esters is 1. The van der Waals surface area contributed by atoms with E-state index >= 15 is 0 Å². The number of anilines is 1. The molecule has 0 atom stereocenters. The van der Waals surface area contributed by atoms with E-state index in [9.17, 15) is 9.59 Å². The van der Waals surface area contributed by atoms with Crippen LogP contribution in [0.15, 0.2) is 58.3 Å². The topological polar surface area (TPSA) is 58.6 Å². The Morgan fingerprint density at radius 3 is 2.48 bits per heavy atom. The Morgan fingerprint density at radius 1 is 1.03 bits per heavy atom. The average molecular weight is 469 g/mol. The maximum atomic E-state index is 13.1. The second-order valence-corrected chi connectivity index (χ2v) is 9.66. The van der Waals surface area contributed by atoms with E-state index in [0.29, 0.717) is 19.2 Å². The van der Waals surface area contributed by atoms with Crippen molar-refractivity contribution in [3.8, 4) is 0 Å². The van der Waals surface area contributed by atoms with Crippen molar-refractivity contribution >= 4 is 29.4 Å². The monoisotopic (exact) mass is 468 g/mol. The summed E-state index contributed by atoms with van der Waals surface area (Å²) in [5, 5.41) is 3.27. The van der Waals surface area contributed by atoms with Crippen LogP contribution in [0.1, 0.15) is 64.4 Å². The van der Waals surface area contributed by atoms with Crippen LogP contribution in [0.25, 0.3) is 0 Å². The number of ether oxygens (including phenoxy) is 1. The molecule has 0 unspecified atom stereocenters. The number of unbranched alkanes of at least 4 members (excludes halogenated alkanes) is 1. The summed E-state index contributed by atoms with van der Waals surface area (Å²) in [5.41, 5.74) is 1.87. The highest BCUT2D eigenvalue weighted by Gasteiger charge is 2.21. The van der Waals surface area contributed by atoms with Gasteiger partial charge in [-0.25, -0.2) is 4.79 Å². The van der Waals surface area contributed by atoms with Gasteiger partial charge in [0.1, 0.15) is 0 Å². The van der Waals surface area contributed by atoms with Crippen molar-refractivity contribution in [1.82, 2.24) is 5.32 Å². The van der Waals surface area contributed by atoms with Gasteiger partial charge in [-0.1, -0.05) is 62.6 Å². The standard InChI is InChI=1S/C27H36N2O3S/c1-3-5-18-29(27(31)28-22-10-7-6-8-11-22)23-12-9-13-25(20-23)33-24-16-14-21(15-17-24)19-26(30)32-4-2/h9,12-17,20,22H,3-8,10-11,18-19H2,1-2H3,(H,28,31). The molecule has 0 heterocycles. The van der Waals surface area contributed by atoms with Gasteiger partial charge < -0.3 is 10.1 Å². The molecule has 3 rings (SSSR count). The summed E-state index contributed by atoms with van der Waals surface area (Å²) >= 11 is 1.65. The molecule has 33 heavy (non-hydrogen) atoms. The van der Waals surface area contributed by atoms with Gasteiger partial charge in [0.05, 0.1) is 13.0 Å². The SMILES string of the molecule is CCCCN(C(=O)NC1CCCCC1)c1cccc(Sc2ccc(CC(=O)OCC)cc2)c1. The predicted molar refractivity (Wildman–Crippen MR) is 135 cm³/mol. The summed E-state index contributed by atoms with van der Waals surface area (Å²) < 4.78 is 5.02. The van der Waals surface area contributed by atoms with E-state index in [1.54, 1.807) is 11.8 Å². The van der Waals surface area contributed by atoms with Gasteiger partial charge in [0.15, 0.2) is 0 Å². The predicted octanol–water partition coefficient (Wildman–Crippen LogP) is 6.59. The third-order valence-corrected chi connectivity index (χ3v) is 6.85. The second kappa shape index (κ2) is 13.3. The number of hydrogen-bond acceptors (Lipinski definition) is 4. The number of nitrogens with one attached hydrogen (secondary N) is 1. The zero-order chi connectivity index (χ0) is 23.5. The van der Waals surface area contributed by atoms with Crippen molar-refractivity contribution < 1.29 is 14.3 Å². The summed E-state index contributed by atoms with van der Waals surface area (Å²) in [4.78, 5) is 28.9. The molecule has 178 valence electrons. The van der Waals surface area contributed by atoms with Gasteiger partial charge in [0.2, 0.25) is 0 Å². The first kappa shape index (κ1) is 25.2. The van der Waals surface area contributed by atoms with Crippen LogP contribution in [-0.4, -0.2) is 31.2 Å². The van der Waals surface area contributed by atoms with Crippen molar-refractivity contribution in [2.24, 2.45) is 0 Å². The normalized spacial score (nSPS) is 14.0. The molecule has 0 saturated heterocycles. The Hall–Kier alpha value is -2.47. The van der Waals surface area contributed by atoms with E-state index in [1.807, 2.05) is 48.2 Å². The van der Waals surface area contributed by atoms with Crippen LogP contribution in [0.5, 0.6) is 0 Å². The van der Waals surface area contributed by atoms with Crippen LogP contribution in [0, 0.1) is 0 Å². The Morgan fingerprint density at radius 2 is 1.79 bits per heavy atom. The fourth-order valence-electron chi connectivity index (χ4n) is 4.07. The molecule has 2 aromatic rings. The lowest BCUT2D eigenvalue weighted by atomic mass is 9.96. The number of carbonyl (C=O) groups is 2. The number of carbonyl (C=O) groups excluding carboxylic acids is 2. The lowest BCUT2D eigenvalue weighted by molar-refractivity contribution is -0.142. The molecule has 1 aliphatic rings. The first-order valence-corrected chi connectivity index (χ1v) is 13.0. The highest BCUT2D eigenvalue weighted by molar-refractivity contribution is 7.99. The molecule has 2 aromatic carbocycles. The molecule has 6 heteroatoms. The third-order valence-electron chi connectivity index (χ3n) is 5.86. The average Bonchev–Trinajstić information content (AvgIpc) is 2.82. The number of hydrogen-bond donors (Lipinski definition) is 1. The molecular weight excluding hydrogens is 432 g/mol. The largest absolute Gasteiger partial charge is 0.466 e. The van der Waals surface area contributed by atoms with Crippen molar-refractivity contribution in [1.29, 1.82) is 0 Å². The molecule has 0 spiro atoms. The summed E-state index contributed by atoms with van der Waals surface area (Å²) in [6.45, 7) is 5.08. The lowest BCUT2D eigenvalue weighted by Crippen LogP contribution is -2.46. The van der Waals surface area contributed by atoms with E-state index in [0.717, 1.165) is 46.7 Å². The van der Waals surface area contributed by atoms with E-state index in [4.69, 9.17) is 4.74 Å². The second-order valence-electron chi connectivity index (χ2n) is 8.51.